The predicted molar refractivity (Wildman–Crippen MR) is 148 cm³/mol. The maximum atomic E-state index is 12.7. The van der Waals surface area contributed by atoms with Crippen molar-refractivity contribution in [2.24, 2.45) is 0 Å². The molecule has 0 N–H and O–H groups in total. The van der Waals surface area contributed by atoms with Crippen molar-refractivity contribution in [2.75, 3.05) is 23.7 Å². The summed E-state index contributed by atoms with van der Waals surface area (Å²) in [5, 5.41) is 0. The molecule has 2 heterocycles. The van der Waals surface area contributed by atoms with E-state index in [1.54, 1.807) is 4.90 Å². The molecule has 0 radical (unpaired) electrons. The van der Waals surface area contributed by atoms with Gasteiger partial charge in [0, 0.05) is 36.3 Å². The first-order chi connectivity index (χ1) is 16.8. The molecule has 1 fully saturated rings. The van der Waals surface area contributed by atoms with Crippen molar-refractivity contribution < 1.29 is 47.3 Å². The Morgan fingerprint density at radius 3 is 2.50 bits per heavy atom. The number of hydrogen-bond acceptors (Lipinski definition) is 7. The predicted octanol–water partition coefficient (Wildman–Crippen LogP) is 2.61. The number of rotatable bonds is 12. The molecule has 6 nitrogen and oxygen atoms in total. The number of anilines is 1. The Labute approximate surface area is 246 Å². The number of thiocarbonyl (C=S) groups is 1. The first kappa shape index (κ1) is 31.0. The molecule has 0 atom stereocenters. The normalized spacial score (nSPS) is 17.9. The third-order valence-corrected chi connectivity index (χ3v) is 7.93. The Balaban J connectivity index is 0.00000456. The molecule has 0 bridgehead atoms. The second-order valence-corrected chi connectivity index (χ2v) is 11.6. The molecular formula is C26H31N2NaO4S3. The second kappa shape index (κ2) is 15.3. The van der Waals surface area contributed by atoms with E-state index in [1.807, 2.05) is 60.8 Å². The van der Waals surface area contributed by atoms with E-state index in [0.29, 0.717) is 35.2 Å². The van der Waals surface area contributed by atoms with Crippen molar-refractivity contribution in [3.05, 3.63) is 71.3 Å². The summed E-state index contributed by atoms with van der Waals surface area (Å²) in [6, 6.07) is 8.00. The minimum absolute atomic E-state index is 0. The fraction of sp³-hybridized carbons (Fsp3) is 0.385. The van der Waals surface area contributed by atoms with Gasteiger partial charge in [0.2, 0.25) is 0 Å². The number of benzene rings is 1. The van der Waals surface area contributed by atoms with Crippen molar-refractivity contribution in [1.82, 2.24) is 4.90 Å². The minimum atomic E-state index is -4.17. The second-order valence-electron chi connectivity index (χ2n) is 8.42. The van der Waals surface area contributed by atoms with E-state index in [4.69, 9.17) is 12.2 Å². The maximum Gasteiger partial charge on any atom is 1.00 e. The average molecular weight is 555 g/mol. The number of carbonyl (C=O) groups excluding carboxylic acids is 1. The summed E-state index contributed by atoms with van der Waals surface area (Å²) < 4.78 is 33.1. The molecule has 2 aliphatic heterocycles. The standard InChI is InChI=1S/C26H32N2O4S3.Na/c1-2-3-4-9-18-28-25(29)24(34-26(28)33)15-8-5-12-21-16-19-27(17-10-11-20-35(30,31)32)23-14-7-6-13-22(21)23;/h5-8,12-16,19H,2-4,9-11,17-18,20H2,1H3,(H,30,31,32);/q;+1/p-1/b8-5+,21-12+,24-15+;. The smallest absolute Gasteiger partial charge is 0.748 e. The third-order valence-electron chi connectivity index (χ3n) is 5.75. The number of nitrogens with zero attached hydrogens (tertiary/aromatic N) is 2. The number of allylic oxidation sites excluding steroid dienone is 6. The van der Waals surface area contributed by atoms with Crippen LogP contribution in [0.5, 0.6) is 0 Å². The Morgan fingerprint density at radius 2 is 1.75 bits per heavy atom. The Morgan fingerprint density at radius 1 is 1.03 bits per heavy atom. The zero-order chi connectivity index (χ0) is 25.3. The van der Waals surface area contributed by atoms with Crippen LogP contribution in [0.1, 0.15) is 51.0 Å². The van der Waals surface area contributed by atoms with Crippen LogP contribution < -0.4 is 34.5 Å². The topological polar surface area (TPSA) is 80.8 Å². The summed E-state index contributed by atoms with van der Waals surface area (Å²) in [6.07, 6.45) is 16.9. The average Bonchev–Trinajstić information content (AvgIpc) is 3.09. The molecule has 1 amide bonds. The minimum Gasteiger partial charge on any atom is -0.748 e. The Bertz CT molecular complexity index is 1160. The van der Waals surface area contributed by atoms with Gasteiger partial charge in [-0.1, -0.05) is 86.6 Å². The van der Waals surface area contributed by atoms with Crippen LogP contribution in [-0.4, -0.2) is 46.9 Å². The summed E-state index contributed by atoms with van der Waals surface area (Å²) in [5.74, 6) is -0.350. The monoisotopic (exact) mass is 554 g/mol. The number of hydrogen-bond donors (Lipinski definition) is 0. The van der Waals surface area contributed by atoms with E-state index in [0.717, 1.165) is 36.1 Å². The molecule has 1 aromatic carbocycles. The Hall–Kier alpha value is -1.20. The van der Waals surface area contributed by atoms with Crippen LogP contribution in [0.3, 0.4) is 0 Å². The molecule has 1 saturated heterocycles. The fourth-order valence-electron chi connectivity index (χ4n) is 3.92. The van der Waals surface area contributed by atoms with Crippen LogP contribution in [0.4, 0.5) is 5.69 Å². The van der Waals surface area contributed by atoms with Crippen molar-refractivity contribution in [2.45, 2.75) is 45.4 Å². The van der Waals surface area contributed by atoms with Gasteiger partial charge in [0.05, 0.1) is 15.0 Å². The van der Waals surface area contributed by atoms with Gasteiger partial charge in [-0.05, 0) is 43.1 Å². The Kier molecular flexibility index (Phi) is 13.2. The summed E-state index contributed by atoms with van der Waals surface area (Å²) in [6.45, 7) is 3.48. The van der Waals surface area contributed by atoms with E-state index in [9.17, 15) is 17.8 Å². The molecule has 1 aromatic rings. The van der Waals surface area contributed by atoms with Crippen LogP contribution in [0, 0.1) is 0 Å². The van der Waals surface area contributed by atoms with Crippen LogP contribution in [0.15, 0.2) is 65.8 Å². The SMILES string of the molecule is CCCCCCN1C(=O)\C(=C/C=C/C=C2\C=CN(CCCCS(=O)(=O)[O-])c3ccccc32)SC1=S.[Na+]. The van der Waals surface area contributed by atoms with Crippen molar-refractivity contribution in [3.63, 3.8) is 0 Å². The van der Waals surface area contributed by atoms with Gasteiger partial charge in [0.15, 0.2) is 0 Å². The van der Waals surface area contributed by atoms with Crippen molar-refractivity contribution in [1.29, 1.82) is 0 Å². The summed E-state index contributed by atoms with van der Waals surface area (Å²) in [4.78, 5) is 17.1. The number of para-hydroxylation sites is 1. The molecule has 0 unspecified atom stereocenters. The van der Waals surface area contributed by atoms with Crippen LogP contribution in [0.2, 0.25) is 0 Å². The zero-order valence-electron chi connectivity index (χ0n) is 20.9. The van der Waals surface area contributed by atoms with Gasteiger partial charge in [-0.3, -0.25) is 9.69 Å². The summed E-state index contributed by atoms with van der Waals surface area (Å²) in [7, 11) is -4.17. The number of carbonyl (C=O) groups is 1. The quantitative estimate of drug-likeness (QED) is 0.129. The van der Waals surface area contributed by atoms with Crippen molar-refractivity contribution >= 4 is 55.6 Å². The van der Waals surface area contributed by atoms with Gasteiger partial charge in [-0.15, -0.1) is 0 Å². The number of unbranched alkanes of at least 4 members (excludes halogenated alkanes) is 4. The molecule has 0 aromatic heterocycles. The van der Waals surface area contributed by atoms with E-state index >= 15 is 0 Å². The van der Waals surface area contributed by atoms with Crippen molar-refractivity contribution in [3.8, 4) is 0 Å². The molecule has 10 heteroatoms. The van der Waals surface area contributed by atoms with E-state index < -0.39 is 10.1 Å². The molecule has 2 aliphatic rings. The first-order valence-electron chi connectivity index (χ1n) is 11.9. The summed E-state index contributed by atoms with van der Waals surface area (Å²) >= 11 is 6.75. The van der Waals surface area contributed by atoms with Crippen LogP contribution in [-0.2, 0) is 14.9 Å². The number of thioether (sulfide) groups is 1. The van der Waals surface area contributed by atoms with E-state index in [-0.39, 0.29) is 41.2 Å². The van der Waals surface area contributed by atoms with Gasteiger partial charge < -0.3 is 9.45 Å². The number of amides is 1. The summed E-state index contributed by atoms with van der Waals surface area (Å²) in [5.41, 5.74) is 3.13. The van der Waals surface area contributed by atoms with Gasteiger partial charge in [-0.25, -0.2) is 8.42 Å². The first-order valence-corrected chi connectivity index (χ1v) is 14.7. The number of fused-ring (bicyclic) bond motifs is 1. The van der Waals surface area contributed by atoms with Crippen LogP contribution >= 0.6 is 24.0 Å². The van der Waals surface area contributed by atoms with E-state index in [2.05, 4.69) is 11.8 Å². The van der Waals surface area contributed by atoms with Gasteiger partial charge in [0.25, 0.3) is 5.91 Å². The van der Waals surface area contributed by atoms with Crippen LogP contribution in [0.25, 0.3) is 5.57 Å². The molecule has 0 aliphatic carbocycles. The van der Waals surface area contributed by atoms with Gasteiger partial charge >= 0.3 is 29.6 Å². The van der Waals surface area contributed by atoms with Gasteiger partial charge in [0.1, 0.15) is 4.32 Å². The van der Waals surface area contributed by atoms with Gasteiger partial charge in [-0.2, -0.15) is 0 Å². The molecule has 3 rings (SSSR count). The molecule has 188 valence electrons. The molecule has 0 saturated carbocycles. The maximum absolute atomic E-state index is 12.7. The molecule has 0 spiro atoms. The third kappa shape index (κ3) is 9.28. The fourth-order valence-corrected chi connectivity index (χ4v) is 5.73. The molecule has 36 heavy (non-hydrogen) atoms. The molecular weight excluding hydrogens is 523 g/mol. The van der Waals surface area contributed by atoms with E-state index in [1.165, 1.54) is 18.2 Å². The largest absolute Gasteiger partial charge is 1.00 e. The zero-order valence-corrected chi connectivity index (χ0v) is 25.3.